The first-order valence-electron chi connectivity index (χ1n) is 6.68. The lowest BCUT2D eigenvalue weighted by Gasteiger charge is -2.17. The Labute approximate surface area is 134 Å². The Morgan fingerprint density at radius 1 is 1.05 bits per heavy atom. The van der Waals surface area contributed by atoms with Gasteiger partial charge in [0.05, 0.1) is 0 Å². The maximum atomic E-state index is 3.61. The van der Waals surface area contributed by atoms with Gasteiger partial charge in [-0.3, -0.25) is 0 Å². The summed E-state index contributed by atoms with van der Waals surface area (Å²) in [5, 5.41) is 3.58. The van der Waals surface area contributed by atoms with Crippen LogP contribution in [0.15, 0.2) is 45.8 Å². The van der Waals surface area contributed by atoms with E-state index in [0.29, 0.717) is 6.04 Å². The van der Waals surface area contributed by atoms with Crippen LogP contribution in [0.3, 0.4) is 0 Å². The molecule has 2 aromatic carbocycles. The molecule has 0 aromatic heterocycles. The summed E-state index contributed by atoms with van der Waals surface area (Å²) in [6.07, 6.45) is 2.10. The van der Waals surface area contributed by atoms with Crippen LogP contribution in [-0.4, -0.2) is 6.26 Å². The standard InChI is InChI=1S/C17H20BrNS/c1-11-9-15(10-12(2)17(11)18)19-13(3)14-5-7-16(20-4)8-6-14/h5-10,13,19H,1-4H3. The summed E-state index contributed by atoms with van der Waals surface area (Å²) in [7, 11) is 0. The Morgan fingerprint density at radius 3 is 2.10 bits per heavy atom. The fraction of sp³-hybridized carbons (Fsp3) is 0.294. The summed E-state index contributed by atoms with van der Waals surface area (Å²) in [4.78, 5) is 1.30. The van der Waals surface area contributed by atoms with Crippen LogP contribution in [0.4, 0.5) is 5.69 Å². The van der Waals surface area contributed by atoms with E-state index in [4.69, 9.17) is 0 Å². The number of anilines is 1. The van der Waals surface area contributed by atoms with E-state index in [1.807, 2.05) is 0 Å². The molecule has 20 heavy (non-hydrogen) atoms. The third-order valence-corrected chi connectivity index (χ3v) is 5.43. The number of aryl methyl sites for hydroxylation is 2. The lowest BCUT2D eigenvalue weighted by atomic mass is 10.1. The van der Waals surface area contributed by atoms with Gasteiger partial charge in [-0.1, -0.05) is 28.1 Å². The summed E-state index contributed by atoms with van der Waals surface area (Å²) < 4.78 is 1.19. The molecule has 1 nitrogen and oxygen atoms in total. The molecule has 0 saturated carbocycles. The zero-order valence-electron chi connectivity index (χ0n) is 12.3. The molecule has 0 saturated heterocycles. The van der Waals surface area contributed by atoms with Gasteiger partial charge in [-0.2, -0.15) is 0 Å². The van der Waals surface area contributed by atoms with E-state index in [0.717, 1.165) is 0 Å². The van der Waals surface area contributed by atoms with Crippen molar-refractivity contribution < 1.29 is 0 Å². The fourth-order valence-corrected chi connectivity index (χ4v) is 2.89. The summed E-state index contributed by atoms with van der Waals surface area (Å²) in [6, 6.07) is 13.4. The molecule has 0 aliphatic carbocycles. The number of hydrogen-bond donors (Lipinski definition) is 1. The number of halogens is 1. The monoisotopic (exact) mass is 349 g/mol. The van der Waals surface area contributed by atoms with Gasteiger partial charge in [-0.15, -0.1) is 11.8 Å². The number of thioether (sulfide) groups is 1. The zero-order valence-corrected chi connectivity index (χ0v) is 14.7. The summed E-state index contributed by atoms with van der Waals surface area (Å²) >= 11 is 5.38. The molecule has 0 bridgehead atoms. The largest absolute Gasteiger partial charge is 0.379 e. The van der Waals surface area contributed by atoms with Crippen molar-refractivity contribution in [2.75, 3.05) is 11.6 Å². The molecule has 2 aromatic rings. The molecule has 0 aliphatic rings. The maximum Gasteiger partial charge on any atom is 0.0485 e. The van der Waals surface area contributed by atoms with Crippen LogP contribution >= 0.6 is 27.7 Å². The normalized spacial score (nSPS) is 12.2. The molecule has 106 valence electrons. The molecule has 0 aliphatic heterocycles. The molecule has 0 amide bonds. The number of benzene rings is 2. The van der Waals surface area contributed by atoms with Crippen LogP contribution in [0, 0.1) is 13.8 Å². The van der Waals surface area contributed by atoms with Crippen LogP contribution in [0.25, 0.3) is 0 Å². The quantitative estimate of drug-likeness (QED) is 0.683. The van der Waals surface area contributed by atoms with Crippen LogP contribution in [-0.2, 0) is 0 Å². The van der Waals surface area contributed by atoms with E-state index in [9.17, 15) is 0 Å². The molecule has 0 heterocycles. The van der Waals surface area contributed by atoms with Crippen molar-refractivity contribution in [3.63, 3.8) is 0 Å². The van der Waals surface area contributed by atoms with Gasteiger partial charge in [0.1, 0.15) is 0 Å². The lowest BCUT2D eigenvalue weighted by molar-refractivity contribution is 0.882. The second kappa shape index (κ2) is 6.68. The van der Waals surface area contributed by atoms with Gasteiger partial charge < -0.3 is 5.32 Å². The molecule has 1 unspecified atom stereocenters. The molecule has 0 fully saturated rings. The van der Waals surface area contributed by atoms with E-state index >= 15 is 0 Å². The first-order valence-corrected chi connectivity index (χ1v) is 8.70. The summed E-state index contributed by atoms with van der Waals surface area (Å²) in [5.41, 5.74) is 5.00. The lowest BCUT2D eigenvalue weighted by Crippen LogP contribution is -2.07. The van der Waals surface area contributed by atoms with Crippen LogP contribution in [0.1, 0.15) is 29.7 Å². The highest BCUT2D eigenvalue weighted by molar-refractivity contribution is 9.10. The van der Waals surface area contributed by atoms with Crippen molar-refractivity contribution in [1.29, 1.82) is 0 Å². The Bertz CT molecular complexity index is 569. The van der Waals surface area contributed by atoms with Crippen LogP contribution in [0.5, 0.6) is 0 Å². The van der Waals surface area contributed by atoms with Gasteiger partial charge in [-0.25, -0.2) is 0 Å². The number of hydrogen-bond acceptors (Lipinski definition) is 2. The predicted octanol–water partition coefficient (Wildman–Crippen LogP) is 5.96. The van der Waals surface area contributed by atoms with Crippen molar-refractivity contribution >= 4 is 33.4 Å². The van der Waals surface area contributed by atoms with Crippen LogP contribution < -0.4 is 5.32 Å². The SMILES string of the molecule is CSc1ccc(C(C)Nc2cc(C)c(Br)c(C)c2)cc1. The predicted molar refractivity (Wildman–Crippen MR) is 93.9 cm³/mol. The molecular weight excluding hydrogens is 330 g/mol. The van der Waals surface area contributed by atoms with E-state index in [1.165, 1.54) is 31.7 Å². The van der Waals surface area contributed by atoms with Crippen molar-refractivity contribution in [3.05, 3.63) is 57.6 Å². The third kappa shape index (κ3) is 3.58. The molecule has 3 heteroatoms. The van der Waals surface area contributed by atoms with E-state index < -0.39 is 0 Å². The van der Waals surface area contributed by atoms with Crippen molar-refractivity contribution in [2.24, 2.45) is 0 Å². The van der Waals surface area contributed by atoms with Gasteiger partial charge in [0.25, 0.3) is 0 Å². The molecule has 2 rings (SSSR count). The topological polar surface area (TPSA) is 12.0 Å². The Balaban J connectivity index is 2.16. The molecular formula is C17H20BrNS. The first-order chi connectivity index (χ1) is 9.51. The summed E-state index contributed by atoms with van der Waals surface area (Å²) in [6.45, 7) is 6.45. The van der Waals surface area contributed by atoms with Crippen molar-refractivity contribution in [2.45, 2.75) is 31.7 Å². The second-order valence-electron chi connectivity index (χ2n) is 5.06. The first kappa shape index (κ1) is 15.5. The molecule has 1 atom stereocenters. The van der Waals surface area contributed by atoms with Gasteiger partial charge in [0.2, 0.25) is 0 Å². The van der Waals surface area contributed by atoms with E-state index in [2.05, 4.69) is 84.7 Å². The van der Waals surface area contributed by atoms with Crippen LogP contribution in [0.2, 0.25) is 0 Å². The Morgan fingerprint density at radius 2 is 1.60 bits per heavy atom. The highest BCUT2D eigenvalue weighted by Crippen LogP contribution is 2.28. The maximum absolute atomic E-state index is 3.61. The Hall–Kier alpha value is -0.930. The van der Waals surface area contributed by atoms with E-state index in [1.54, 1.807) is 11.8 Å². The smallest absolute Gasteiger partial charge is 0.0485 e. The highest BCUT2D eigenvalue weighted by atomic mass is 79.9. The minimum atomic E-state index is 0.297. The zero-order chi connectivity index (χ0) is 14.7. The highest BCUT2D eigenvalue weighted by Gasteiger charge is 2.07. The van der Waals surface area contributed by atoms with Gasteiger partial charge in [0, 0.05) is 21.1 Å². The van der Waals surface area contributed by atoms with E-state index in [-0.39, 0.29) is 0 Å². The third-order valence-electron chi connectivity index (χ3n) is 3.44. The van der Waals surface area contributed by atoms with Crippen molar-refractivity contribution in [3.8, 4) is 0 Å². The molecule has 0 spiro atoms. The van der Waals surface area contributed by atoms with Gasteiger partial charge in [0.15, 0.2) is 0 Å². The average Bonchev–Trinajstić information content (AvgIpc) is 2.44. The number of rotatable bonds is 4. The molecule has 1 N–H and O–H groups in total. The fourth-order valence-electron chi connectivity index (χ4n) is 2.26. The number of nitrogens with one attached hydrogen (secondary N) is 1. The summed E-state index contributed by atoms with van der Waals surface area (Å²) in [5.74, 6) is 0. The Kier molecular flexibility index (Phi) is 5.17. The second-order valence-corrected chi connectivity index (χ2v) is 6.74. The van der Waals surface area contributed by atoms with Gasteiger partial charge >= 0.3 is 0 Å². The molecule has 0 radical (unpaired) electrons. The van der Waals surface area contributed by atoms with Crippen molar-refractivity contribution in [1.82, 2.24) is 0 Å². The van der Waals surface area contributed by atoms with Gasteiger partial charge in [-0.05, 0) is 68.0 Å². The minimum Gasteiger partial charge on any atom is -0.379 e. The average molecular weight is 350 g/mol. The minimum absolute atomic E-state index is 0.297.